The molecule has 0 aliphatic carbocycles. The van der Waals surface area contributed by atoms with E-state index in [0.29, 0.717) is 50.8 Å². The lowest BCUT2D eigenvalue weighted by Gasteiger charge is -2.34. The van der Waals surface area contributed by atoms with E-state index in [1.165, 1.54) is 16.8 Å². The number of ether oxygens (including phenoxy) is 1. The molecule has 0 aromatic carbocycles. The molecule has 2 saturated heterocycles. The van der Waals surface area contributed by atoms with E-state index in [-0.39, 0.29) is 5.25 Å². The molecule has 3 aliphatic rings. The third-order valence-electron chi connectivity index (χ3n) is 6.20. The average Bonchev–Trinajstić information content (AvgIpc) is 3.21. The number of sulfonamides is 1. The number of pyridine rings is 1. The highest BCUT2D eigenvalue weighted by Crippen LogP contribution is 2.43. The third kappa shape index (κ3) is 4.99. The first-order valence-corrected chi connectivity index (χ1v) is 13.8. The SMILES string of the molecule is CS(=O)(=O)N1CCN(CC2Cc3nc(-c4cccnc4F)nc(N4CCOCC4)c3S2)CC1. The van der Waals surface area contributed by atoms with Crippen molar-refractivity contribution in [2.24, 2.45) is 0 Å². The van der Waals surface area contributed by atoms with Crippen molar-refractivity contribution in [3.05, 3.63) is 30.0 Å². The van der Waals surface area contributed by atoms with Crippen LogP contribution >= 0.6 is 11.8 Å². The predicted molar refractivity (Wildman–Crippen MR) is 124 cm³/mol. The molecule has 0 bridgehead atoms. The largest absolute Gasteiger partial charge is 0.378 e. The van der Waals surface area contributed by atoms with Gasteiger partial charge in [0.25, 0.3) is 0 Å². The molecule has 0 radical (unpaired) electrons. The molecule has 2 aromatic rings. The highest BCUT2D eigenvalue weighted by molar-refractivity contribution is 8.00. The predicted octanol–water partition coefficient (Wildman–Crippen LogP) is 1.11. The fraction of sp³-hybridized carbons (Fsp3) is 0.571. The maximum absolute atomic E-state index is 14.4. The van der Waals surface area contributed by atoms with Crippen LogP contribution in [0.5, 0.6) is 0 Å². The number of rotatable bonds is 5. The first-order chi connectivity index (χ1) is 15.9. The fourth-order valence-corrected chi connectivity index (χ4v) is 6.69. The number of piperazine rings is 1. The number of hydrogen-bond acceptors (Lipinski definition) is 9. The molecule has 1 atom stereocenters. The van der Waals surface area contributed by atoms with Crippen molar-refractivity contribution in [2.45, 2.75) is 16.6 Å². The van der Waals surface area contributed by atoms with Gasteiger partial charge < -0.3 is 9.64 Å². The van der Waals surface area contributed by atoms with Gasteiger partial charge in [0.2, 0.25) is 16.0 Å². The lowest BCUT2D eigenvalue weighted by atomic mass is 10.2. The molecule has 2 fully saturated rings. The smallest absolute Gasteiger partial charge is 0.223 e. The molecule has 33 heavy (non-hydrogen) atoms. The van der Waals surface area contributed by atoms with Crippen molar-refractivity contribution in [1.29, 1.82) is 0 Å². The molecular weight excluding hydrogens is 467 g/mol. The molecule has 0 amide bonds. The summed E-state index contributed by atoms with van der Waals surface area (Å²) in [5.41, 5.74) is 1.25. The van der Waals surface area contributed by atoms with Crippen LogP contribution in [-0.2, 0) is 21.2 Å². The molecule has 178 valence electrons. The van der Waals surface area contributed by atoms with Crippen molar-refractivity contribution in [3.8, 4) is 11.4 Å². The number of morpholine rings is 1. The quantitative estimate of drug-likeness (QED) is 0.567. The summed E-state index contributed by atoms with van der Waals surface area (Å²) in [5, 5.41) is 0.285. The van der Waals surface area contributed by atoms with Crippen LogP contribution < -0.4 is 4.90 Å². The molecule has 2 aromatic heterocycles. The Bertz CT molecular complexity index is 1120. The van der Waals surface area contributed by atoms with Gasteiger partial charge in [-0.25, -0.2) is 23.4 Å². The number of fused-ring (bicyclic) bond motifs is 1. The van der Waals surface area contributed by atoms with E-state index in [4.69, 9.17) is 14.7 Å². The number of nitrogens with zero attached hydrogens (tertiary/aromatic N) is 6. The molecule has 12 heteroatoms. The van der Waals surface area contributed by atoms with Crippen molar-refractivity contribution in [3.63, 3.8) is 0 Å². The Morgan fingerprint density at radius 2 is 1.91 bits per heavy atom. The second kappa shape index (κ2) is 9.41. The fourth-order valence-electron chi connectivity index (χ4n) is 4.46. The van der Waals surface area contributed by atoms with E-state index >= 15 is 0 Å². The molecule has 0 spiro atoms. The maximum Gasteiger partial charge on any atom is 0.223 e. The Balaban J connectivity index is 1.37. The van der Waals surface area contributed by atoms with Crippen molar-refractivity contribution in [1.82, 2.24) is 24.2 Å². The van der Waals surface area contributed by atoms with Gasteiger partial charge in [0.05, 0.1) is 35.6 Å². The molecule has 0 saturated carbocycles. The summed E-state index contributed by atoms with van der Waals surface area (Å²) in [6.07, 6.45) is 3.45. The molecule has 9 nitrogen and oxygen atoms in total. The number of anilines is 1. The lowest BCUT2D eigenvalue weighted by Crippen LogP contribution is -2.49. The zero-order valence-corrected chi connectivity index (χ0v) is 20.1. The first-order valence-electron chi connectivity index (χ1n) is 11.1. The van der Waals surface area contributed by atoms with Gasteiger partial charge in [-0.15, -0.1) is 11.8 Å². The third-order valence-corrected chi connectivity index (χ3v) is 8.80. The Morgan fingerprint density at radius 1 is 1.15 bits per heavy atom. The highest BCUT2D eigenvalue weighted by Gasteiger charge is 2.33. The van der Waals surface area contributed by atoms with E-state index in [1.54, 1.807) is 23.9 Å². The number of thioether (sulfide) groups is 1. The summed E-state index contributed by atoms with van der Waals surface area (Å²) in [6, 6.07) is 3.35. The summed E-state index contributed by atoms with van der Waals surface area (Å²) in [4.78, 5) is 18.9. The second-order valence-electron chi connectivity index (χ2n) is 8.49. The summed E-state index contributed by atoms with van der Waals surface area (Å²) in [5.74, 6) is 0.635. The summed E-state index contributed by atoms with van der Waals surface area (Å²) >= 11 is 1.77. The monoisotopic (exact) mass is 494 g/mol. The van der Waals surface area contributed by atoms with Crippen molar-refractivity contribution >= 4 is 27.6 Å². The van der Waals surface area contributed by atoms with E-state index < -0.39 is 16.0 Å². The molecule has 3 aliphatic heterocycles. The van der Waals surface area contributed by atoms with Gasteiger partial charge in [-0.2, -0.15) is 8.70 Å². The average molecular weight is 495 g/mol. The zero-order chi connectivity index (χ0) is 23.0. The van der Waals surface area contributed by atoms with E-state index in [9.17, 15) is 12.8 Å². The number of aromatic nitrogens is 3. The van der Waals surface area contributed by atoms with Crippen LogP contribution in [0.15, 0.2) is 23.2 Å². The Kier molecular flexibility index (Phi) is 6.54. The summed E-state index contributed by atoms with van der Waals surface area (Å²) in [7, 11) is -3.14. The molecular formula is C21H27FN6O3S2. The molecule has 0 N–H and O–H groups in total. The molecule has 5 heterocycles. The van der Waals surface area contributed by atoms with Gasteiger partial charge in [0, 0.05) is 63.7 Å². The summed E-state index contributed by atoms with van der Waals surface area (Å²) in [6.45, 7) is 6.05. The van der Waals surface area contributed by atoms with Crippen LogP contribution in [0, 0.1) is 5.95 Å². The highest BCUT2D eigenvalue weighted by atomic mass is 32.2. The minimum absolute atomic E-state index is 0.285. The van der Waals surface area contributed by atoms with Gasteiger partial charge in [0.1, 0.15) is 5.82 Å². The molecule has 1 unspecified atom stereocenters. The van der Waals surface area contributed by atoms with E-state index in [0.717, 1.165) is 42.5 Å². The minimum Gasteiger partial charge on any atom is -0.378 e. The van der Waals surface area contributed by atoms with E-state index in [1.807, 2.05) is 0 Å². The van der Waals surface area contributed by atoms with Crippen molar-refractivity contribution in [2.75, 3.05) is 70.2 Å². The van der Waals surface area contributed by atoms with Gasteiger partial charge in [-0.3, -0.25) is 4.90 Å². The van der Waals surface area contributed by atoms with Crippen LogP contribution in [0.4, 0.5) is 10.2 Å². The standard InChI is InChI=1S/C21H27FN6O3S2/c1-33(29,30)28-7-5-26(6-8-28)14-15-13-17-18(32-15)21(27-9-11-31-12-10-27)25-20(24-17)16-3-2-4-23-19(16)22/h2-4,15H,5-14H2,1H3. The van der Waals surface area contributed by atoms with Gasteiger partial charge in [-0.05, 0) is 12.1 Å². The first kappa shape index (κ1) is 22.9. The van der Waals surface area contributed by atoms with E-state index in [2.05, 4.69) is 14.8 Å². The topological polar surface area (TPSA) is 91.8 Å². The van der Waals surface area contributed by atoms with Crippen LogP contribution in [0.2, 0.25) is 0 Å². The zero-order valence-electron chi connectivity index (χ0n) is 18.5. The van der Waals surface area contributed by atoms with Crippen LogP contribution in [0.25, 0.3) is 11.4 Å². The minimum atomic E-state index is -3.14. The second-order valence-corrected chi connectivity index (χ2v) is 11.8. The number of hydrogen-bond donors (Lipinski definition) is 0. The number of halogens is 1. The normalized spacial score (nSPS) is 22.5. The van der Waals surface area contributed by atoms with Gasteiger partial charge in [-0.1, -0.05) is 0 Å². The Hall–Kier alpha value is -1.86. The van der Waals surface area contributed by atoms with Crippen molar-refractivity contribution < 1.29 is 17.5 Å². The maximum atomic E-state index is 14.4. The Labute approximate surface area is 197 Å². The van der Waals surface area contributed by atoms with Crippen LogP contribution in [0.3, 0.4) is 0 Å². The van der Waals surface area contributed by atoms with Gasteiger partial charge in [0.15, 0.2) is 5.82 Å². The summed E-state index contributed by atoms with van der Waals surface area (Å²) < 4.78 is 45.1. The van der Waals surface area contributed by atoms with Gasteiger partial charge >= 0.3 is 0 Å². The van der Waals surface area contributed by atoms with Crippen LogP contribution in [0.1, 0.15) is 5.69 Å². The lowest BCUT2D eigenvalue weighted by molar-refractivity contribution is 0.122. The Morgan fingerprint density at radius 3 is 2.61 bits per heavy atom. The molecule has 5 rings (SSSR count). The van der Waals surface area contributed by atoms with Crippen LogP contribution in [-0.4, -0.2) is 103 Å².